The van der Waals surface area contributed by atoms with Crippen LogP contribution in [0.15, 0.2) is 88.6 Å². The van der Waals surface area contributed by atoms with Crippen LogP contribution in [0.5, 0.6) is 0 Å². The fourth-order valence-corrected chi connectivity index (χ4v) is 3.45. The monoisotopic (exact) mass is 423 g/mol. The highest BCUT2D eigenvalue weighted by molar-refractivity contribution is 6.07. The van der Waals surface area contributed by atoms with E-state index in [1.165, 1.54) is 11.8 Å². The number of furan rings is 1. The number of benzene rings is 2. The zero-order valence-electron chi connectivity index (χ0n) is 18.2. The summed E-state index contributed by atoms with van der Waals surface area (Å²) >= 11 is 0. The Morgan fingerprint density at radius 2 is 1.94 bits per heavy atom. The highest BCUT2D eigenvalue weighted by Gasteiger charge is 2.14. The number of fused-ring (bicyclic) bond motifs is 1. The summed E-state index contributed by atoms with van der Waals surface area (Å²) in [5.74, 6) is 0.935. The Bertz CT molecular complexity index is 1260. The molecule has 32 heavy (non-hydrogen) atoms. The summed E-state index contributed by atoms with van der Waals surface area (Å²) in [6, 6.07) is 21.5. The summed E-state index contributed by atoms with van der Waals surface area (Å²) < 4.78 is 5.22. The third kappa shape index (κ3) is 4.83. The van der Waals surface area contributed by atoms with Crippen LogP contribution >= 0.6 is 0 Å². The summed E-state index contributed by atoms with van der Waals surface area (Å²) in [5, 5.41) is 4.81. The van der Waals surface area contributed by atoms with Crippen molar-refractivity contribution >= 4 is 29.1 Å². The second-order valence-electron chi connectivity index (χ2n) is 7.60. The number of hydrogen-bond acceptors (Lipinski definition) is 4. The maximum Gasteiger partial charge on any atom is 0.272 e. The lowest BCUT2D eigenvalue weighted by molar-refractivity contribution is 0.0956. The minimum Gasteiger partial charge on any atom is -0.465 e. The van der Waals surface area contributed by atoms with E-state index in [-0.39, 0.29) is 5.91 Å². The molecule has 0 aliphatic rings. The normalized spacial score (nSPS) is 12.6. The molecule has 5 heteroatoms. The lowest BCUT2D eigenvalue weighted by atomic mass is 9.96. The van der Waals surface area contributed by atoms with Crippen LogP contribution in [-0.4, -0.2) is 17.1 Å². The number of pyridine rings is 1. The number of amides is 1. The number of hydrogen-bond donors (Lipinski definition) is 1. The Labute approximate surface area is 187 Å². The highest BCUT2D eigenvalue weighted by Crippen LogP contribution is 2.27. The molecule has 2 aromatic heterocycles. The van der Waals surface area contributed by atoms with Gasteiger partial charge in [0.1, 0.15) is 5.76 Å². The molecule has 2 aromatic carbocycles. The summed E-state index contributed by atoms with van der Waals surface area (Å²) in [6.45, 7) is 4.40. The Kier molecular flexibility index (Phi) is 6.56. The van der Waals surface area contributed by atoms with Crippen molar-refractivity contribution in [2.24, 2.45) is 5.10 Å². The van der Waals surface area contributed by atoms with Crippen LogP contribution in [0.4, 0.5) is 0 Å². The van der Waals surface area contributed by atoms with Crippen LogP contribution in [0.1, 0.15) is 47.9 Å². The van der Waals surface area contributed by atoms with Crippen molar-refractivity contribution in [3.63, 3.8) is 0 Å². The van der Waals surface area contributed by atoms with Crippen LogP contribution in [0, 0.1) is 0 Å². The number of aromatic nitrogens is 1. The number of carbonyl (C=O) groups is 1. The van der Waals surface area contributed by atoms with Crippen molar-refractivity contribution in [2.45, 2.75) is 26.2 Å². The molecule has 0 fully saturated rings. The fourth-order valence-electron chi connectivity index (χ4n) is 3.45. The third-order valence-corrected chi connectivity index (χ3v) is 5.48. The molecule has 0 unspecified atom stereocenters. The summed E-state index contributed by atoms with van der Waals surface area (Å²) in [4.78, 5) is 17.7. The first-order chi connectivity index (χ1) is 15.7. The van der Waals surface area contributed by atoms with Crippen LogP contribution in [0.3, 0.4) is 0 Å². The van der Waals surface area contributed by atoms with Crippen molar-refractivity contribution in [1.29, 1.82) is 0 Å². The van der Waals surface area contributed by atoms with E-state index < -0.39 is 0 Å². The van der Waals surface area contributed by atoms with Crippen molar-refractivity contribution in [2.75, 3.05) is 0 Å². The Hall–Kier alpha value is -3.99. The number of allylic oxidation sites excluding steroid dienone is 1. The lowest BCUT2D eigenvalue weighted by Crippen LogP contribution is -2.18. The quantitative estimate of drug-likeness (QED) is 0.275. The fraction of sp³-hybridized carbons (Fsp3) is 0.148. The van der Waals surface area contributed by atoms with E-state index in [9.17, 15) is 4.79 Å². The molecule has 5 nitrogen and oxygen atoms in total. The molecule has 1 N–H and O–H groups in total. The van der Waals surface area contributed by atoms with E-state index in [4.69, 9.17) is 9.40 Å². The van der Waals surface area contributed by atoms with Crippen LogP contribution in [0.25, 0.3) is 28.2 Å². The molecule has 160 valence electrons. The van der Waals surface area contributed by atoms with Crippen molar-refractivity contribution in [3.05, 3.63) is 96.0 Å². The predicted octanol–water partition coefficient (Wildman–Crippen LogP) is 6.44. The first-order valence-corrected chi connectivity index (χ1v) is 10.7. The number of para-hydroxylation sites is 1. The molecule has 0 aliphatic carbocycles. The number of hydrazone groups is 1. The van der Waals surface area contributed by atoms with Gasteiger partial charge in [-0.1, -0.05) is 56.3 Å². The zero-order valence-corrected chi connectivity index (χ0v) is 18.2. The zero-order chi connectivity index (χ0) is 22.3. The van der Waals surface area contributed by atoms with Crippen LogP contribution < -0.4 is 5.43 Å². The maximum atomic E-state index is 12.9. The number of carbonyl (C=O) groups excluding carboxylic acids is 1. The van der Waals surface area contributed by atoms with Gasteiger partial charge in [0, 0.05) is 17.2 Å². The Balaban J connectivity index is 1.60. The van der Waals surface area contributed by atoms with E-state index in [1.54, 1.807) is 18.4 Å². The Morgan fingerprint density at radius 1 is 1.12 bits per heavy atom. The number of nitrogens with zero attached hydrogens (tertiary/aromatic N) is 2. The van der Waals surface area contributed by atoms with Gasteiger partial charge in [-0.3, -0.25) is 4.79 Å². The van der Waals surface area contributed by atoms with E-state index in [1.807, 2.05) is 42.5 Å². The number of rotatable bonds is 7. The van der Waals surface area contributed by atoms with E-state index in [0.717, 1.165) is 28.6 Å². The van der Waals surface area contributed by atoms with Gasteiger partial charge in [-0.2, -0.15) is 5.10 Å². The van der Waals surface area contributed by atoms with Gasteiger partial charge in [-0.05, 0) is 54.3 Å². The minimum absolute atomic E-state index is 0.288. The van der Waals surface area contributed by atoms with Crippen molar-refractivity contribution in [3.8, 4) is 11.3 Å². The maximum absolute atomic E-state index is 12.9. The molecule has 4 rings (SSSR count). The SMILES string of the molecule is CC[C@@H](C)c1ccc(-c2cc(C(=O)N/N=C\C=C\c3ccco3)c3ccccc3n2)cc1. The van der Waals surface area contributed by atoms with E-state index in [2.05, 4.69) is 48.6 Å². The van der Waals surface area contributed by atoms with Crippen LogP contribution in [0.2, 0.25) is 0 Å². The molecule has 1 atom stereocenters. The second kappa shape index (κ2) is 9.88. The highest BCUT2D eigenvalue weighted by atomic mass is 16.3. The molecule has 4 aromatic rings. The van der Waals surface area contributed by atoms with Crippen molar-refractivity contribution < 1.29 is 9.21 Å². The molecule has 0 radical (unpaired) electrons. The van der Waals surface area contributed by atoms with Gasteiger partial charge in [0.25, 0.3) is 5.91 Å². The first kappa shape index (κ1) is 21.2. The second-order valence-corrected chi connectivity index (χ2v) is 7.60. The van der Waals surface area contributed by atoms with Crippen molar-refractivity contribution in [1.82, 2.24) is 10.4 Å². The van der Waals surface area contributed by atoms with Gasteiger partial charge >= 0.3 is 0 Å². The van der Waals surface area contributed by atoms with Gasteiger partial charge in [-0.15, -0.1) is 0 Å². The van der Waals surface area contributed by atoms with Gasteiger partial charge in [0.2, 0.25) is 0 Å². The Morgan fingerprint density at radius 3 is 2.69 bits per heavy atom. The molecule has 0 spiro atoms. The van der Waals surface area contributed by atoms with Gasteiger partial charge in [-0.25, -0.2) is 10.4 Å². The van der Waals surface area contributed by atoms with Gasteiger partial charge in [0.05, 0.1) is 23.0 Å². The average molecular weight is 424 g/mol. The summed E-state index contributed by atoms with van der Waals surface area (Å²) in [6.07, 6.45) is 7.67. The summed E-state index contributed by atoms with van der Waals surface area (Å²) in [7, 11) is 0. The predicted molar refractivity (Wildman–Crippen MR) is 130 cm³/mol. The molecular weight excluding hydrogens is 398 g/mol. The average Bonchev–Trinajstić information content (AvgIpc) is 3.36. The van der Waals surface area contributed by atoms with Crippen LogP contribution in [-0.2, 0) is 0 Å². The van der Waals surface area contributed by atoms with Gasteiger partial charge in [0.15, 0.2) is 0 Å². The largest absolute Gasteiger partial charge is 0.465 e. The molecule has 0 aliphatic heterocycles. The van der Waals surface area contributed by atoms with E-state index >= 15 is 0 Å². The van der Waals surface area contributed by atoms with E-state index in [0.29, 0.717) is 17.2 Å². The molecule has 0 bridgehead atoms. The lowest BCUT2D eigenvalue weighted by Gasteiger charge is -2.11. The molecule has 0 saturated heterocycles. The smallest absolute Gasteiger partial charge is 0.272 e. The first-order valence-electron chi connectivity index (χ1n) is 10.7. The topological polar surface area (TPSA) is 67.5 Å². The molecule has 1 amide bonds. The van der Waals surface area contributed by atoms with Gasteiger partial charge < -0.3 is 4.42 Å². The standard InChI is InChI=1S/C27H25N3O2/c1-3-19(2)20-12-14-21(15-13-20)26-18-24(23-10-4-5-11-25(23)29-26)27(31)30-28-16-6-8-22-9-7-17-32-22/h4-19H,3H2,1-2H3,(H,30,31)/b8-6+,28-16-/t19-/m1/s1. The molecule has 0 saturated carbocycles. The third-order valence-electron chi connectivity index (χ3n) is 5.48. The number of nitrogens with one attached hydrogen (secondary N) is 1. The minimum atomic E-state index is -0.288. The molecular formula is C27H25N3O2. The molecule has 2 heterocycles. The summed E-state index contributed by atoms with van der Waals surface area (Å²) in [5.41, 5.74) is 6.93.